The van der Waals surface area contributed by atoms with Crippen molar-refractivity contribution in [1.29, 1.82) is 0 Å². The predicted molar refractivity (Wildman–Crippen MR) is 302 cm³/mol. The van der Waals surface area contributed by atoms with Crippen LogP contribution in [0.3, 0.4) is 0 Å². The van der Waals surface area contributed by atoms with E-state index in [9.17, 15) is 14.4 Å². The summed E-state index contributed by atoms with van der Waals surface area (Å²) >= 11 is 0. The lowest BCUT2D eigenvalue weighted by atomic mass is 10.0. The molecule has 6 nitrogen and oxygen atoms in total. The van der Waals surface area contributed by atoms with E-state index in [1.807, 2.05) is 0 Å². The maximum Gasteiger partial charge on any atom is 0.306 e. The molecule has 0 aliphatic rings. The molecule has 0 heterocycles. The Morgan fingerprint density at radius 1 is 0.300 bits per heavy atom. The van der Waals surface area contributed by atoms with Crippen molar-refractivity contribution in [3.8, 4) is 0 Å². The Morgan fingerprint density at radius 3 is 0.971 bits per heavy atom. The van der Waals surface area contributed by atoms with Gasteiger partial charge in [0.15, 0.2) is 6.10 Å². The summed E-state index contributed by atoms with van der Waals surface area (Å²) in [7, 11) is 0. The molecule has 0 bridgehead atoms. The first-order valence-corrected chi connectivity index (χ1v) is 29.2. The van der Waals surface area contributed by atoms with E-state index in [2.05, 4.69) is 118 Å². The monoisotopic (exact) mass is 973 g/mol. The lowest BCUT2D eigenvalue weighted by molar-refractivity contribution is -0.167. The summed E-state index contributed by atoms with van der Waals surface area (Å²) < 4.78 is 16.8. The third kappa shape index (κ3) is 55.3. The van der Waals surface area contributed by atoms with Crippen LogP contribution in [0.2, 0.25) is 0 Å². The second-order valence-corrected chi connectivity index (χ2v) is 19.2. The number of rotatable bonds is 52. The van der Waals surface area contributed by atoms with Gasteiger partial charge in [-0.05, 0) is 116 Å². The molecule has 0 amide bonds. The van der Waals surface area contributed by atoms with Crippen LogP contribution in [0.15, 0.2) is 97.2 Å². The van der Waals surface area contributed by atoms with Gasteiger partial charge in [-0.15, -0.1) is 0 Å². The number of hydrogen-bond acceptors (Lipinski definition) is 6. The van der Waals surface area contributed by atoms with E-state index < -0.39 is 6.10 Å². The van der Waals surface area contributed by atoms with Crippen molar-refractivity contribution < 1.29 is 28.6 Å². The standard InChI is InChI=1S/C64H108O6/c1-4-7-10-13-16-19-22-24-26-27-28-29-30-31-32-33-34-35-36-37-39-40-42-45-48-51-54-57-63(66)69-60-61(59-68-62(65)56-53-50-47-44-21-18-15-12-9-6-3)70-64(67)58-55-52-49-46-43-41-38-25-23-20-17-14-11-8-5-2/h8,11-12,15,17,20,22,24-25,27-28,30-31,38,43,46,61H,4-7,9-10,13-14,16,18-19,21,23,26,29,32-37,39-42,44-45,47-60H2,1-3H3/b11-8-,15-12-,20-17-,24-22-,28-27-,31-30-,38-25-,46-43-. The fourth-order valence-corrected chi connectivity index (χ4v) is 7.91. The van der Waals surface area contributed by atoms with Crippen LogP contribution < -0.4 is 0 Å². The molecule has 0 aromatic carbocycles. The number of unbranched alkanes of at least 4 members (excludes halogenated alkanes) is 25. The highest BCUT2D eigenvalue weighted by molar-refractivity contribution is 5.71. The Morgan fingerprint density at radius 2 is 0.586 bits per heavy atom. The van der Waals surface area contributed by atoms with Gasteiger partial charge in [0.05, 0.1) is 0 Å². The fourth-order valence-electron chi connectivity index (χ4n) is 7.91. The van der Waals surface area contributed by atoms with Gasteiger partial charge in [0.25, 0.3) is 0 Å². The van der Waals surface area contributed by atoms with Gasteiger partial charge in [-0.1, -0.05) is 234 Å². The molecule has 0 aliphatic heterocycles. The molecule has 0 aromatic rings. The molecule has 0 radical (unpaired) electrons. The van der Waals surface area contributed by atoms with Crippen LogP contribution in [0.1, 0.15) is 271 Å². The van der Waals surface area contributed by atoms with Crippen molar-refractivity contribution in [3.05, 3.63) is 97.2 Å². The molecule has 0 spiro atoms. The Bertz CT molecular complexity index is 1400. The summed E-state index contributed by atoms with van der Waals surface area (Å²) in [6, 6.07) is 0. The lowest BCUT2D eigenvalue weighted by Crippen LogP contribution is -2.30. The zero-order valence-electron chi connectivity index (χ0n) is 45.8. The number of allylic oxidation sites excluding steroid dienone is 16. The molecule has 0 saturated heterocycles. The Hall–Kier alpha value is -3.67. The minimum Gasteiger partial charge on any atom is -0.462 e. The van der Waals surface area contributed by atoms with Crippen molar-refractivity contribution in [3.63, 3.8) is 0 Å². The van der Waals surface area contributed by atoms with Crippen molar-refractivity contribution >= 4 is 17.9 Å². The summed E-state index contributed by atoms with van der Waals surface area (Å²) in [5.41, 5.74) is 0. The van der Waals surface area contributed by atoms with Crippen LogP contribution in [0.25, 0.3) is 0 Å². The zero-order chi connectivity index (χ0) is 50.7. The number of carbonyl (C=O) groups excluding carboxylic acids is 3. The number of hydrogen-bond donors (Lipinski definition) is 0. The molecule has 70 heavy (non-hydrogen) atoms. The van der Waals surface area contributed by atoms with Crippen LogP contribution >= 0.6 is 0 Å². The van der Waals surface area contributed by atoms with Gasteiger partial charge in [0, 0.05) is 19.3 Å². The van der Waals surface area contributed by atoms with Crippen LogP contribution in [-0.4, -0.2) is 37.2 Å². The third-order valence-corrected chi connectivity index (χ3v) is 12.3. The van der Waals surface area contributed by atoms with Gasteiger partial charge in [0.2, 0.25) is 0 Å². The summed E-state index contributed by atoms with van der Waals surface area (Å²) in [6.45, 7) is 6.41. The smallest absolute Gasteiger partial charge is 0.306 e. The minimum atomic E-state index is -0.803. The van der Waals surface area contributed by atoms with Gasteiger partial charge in [-0.25, -0.2) is 0 Å². The second-order valence-electron chi connectivity index (χ2n) is 19.2. The average molecular weight is 974 g/mol. The first kappa shape index (κ1) is 66.3. The quantitative estimate of drug-likeness (QED) is 0.0262. The Kier molecular flexibility index (Phi) is 54.9. The lowest BCUT2D eigenvalue weighted by Gasteiger charge is -2.18. The van der Waals surface area contributed by atoms with E-state index in [0.29, 0.717) is 19.3 Å². The SMILES string of the molecule is CC/C=C\C/C=C\C/C=C\C/C=C\CCCCC(=O)OC(COC(=O)CCCCCCC/C=C\CCC)COC(=O)CCCCCCCCCCCCCC/C=C\C/C=C\C/C=C\CCCCCCC. The number of esters is 3. The average Bonchev–Trinajstić information content (AvgIpc) is 3.36. The van der Waals surface area contributed by atoms with Crippen molar-refractivity contribution in [2.75, 3.05) is 13.2 Å². The van der Waals surface area contributed by atoms with Gasteiger partial charge in [-0.3, -0.25) is 14.4 Å². The van der Waals surface area contributed by atoms with Crippen LogP contribution in [0, 0.1) is 0 Å². The van der Waals surface area contributed by atoms with Crippen molar-refractivity contribution in [2.24, 2.45) is 0 Å². The Balaban J connectivity index is 4.26. The molecule has 0 aliphatic carbocycles. The highest BCUT2D eigenvalue weighted by Gasteiger charge is 2.19. The van der Waals surface area contributed by atoms with E-state index in [-0.39, 0.29) is 37.5 Å². The molecule has 400 valence electrons. The van der Waals surface area contributed by atoms with Gasteiger partial charge in [0.1, 0.15) is 13.2 Å². The molecule has 0 fully saturated rings. The van der Waals surface area contributed by atoms with Crippen LogP contribution in [-0.2, 0) is 28.6 Å². The molecule has 0 saturated carbocycles. The van der Waals surface area contributed by atoms with E-state index in [1.165, 1.54) is 116 Å². The second kappa shape index (κ2) is 57.9. The zero-order valence-corrected chi connectivity index (χ0v) is 45.8. The highest BCUT2D eigenvalue weighted by Crippen LogP contribution is 2.15. The van der Waals surface area contributed by atoms with Crippen LogP contribution in [0.5, 0.6) is 0 Å². The maximum absolute atomic E-state index is 12.8. The summed E-state index contributed by atoms with van der Waals surface area (Å²) in [5.74, 6) is -0.952. The van der Waals surface area contributed by atoms with E-state index in [1.54, 1.807) is 0 Å². The minimum absolute atomic E-state index is 0.0980. The van der Waals surface area contributed by atoms with E-state index in [4.69, 9.17) is 14.2 Å². The molecule has 0 rings (SSSR count). The molecule has 1 unspecified atom stereocenters. The summed E-state index contributed by atoms with van der Waals surface area (Å²) in [5, 5.41) is 0. The number of ether oxygens (including phenoxy) is 3. The van der Waals surface area contributed by atoms with Gasteiger partial charge in [-0.2, -0.15) is 0 Å². The van der Waals surface area contributed by atoms with Crippen molar-refractivity contribution in [1.82, 2.24) is 0 Å². The first-order chi connectivity index (χ1) is 34.5. The predicted octanol–water partition coefficient (Wildman–Crippen LogP) is 19.7. The van der Waals surface area contributed by atoms with E-state index >= 15 is 0 Å². The maximum atomic E-state index is 12.8. The van der Waals surface area contributed by atoms with Crippen LogP contribution in [0.4, 0.5) is 0 Å². The molecular weight excluding hydrogens is 865 g/mol. The highest BCUT2D eigenvalue weighted by atomic mass is 16.6. The van der Waals surface area contributed by atoms with E-state index in [0.717, 1.165) is 109 Å². The summed E-state index contributed by atoms with van der Waals surface area (Å²) in [4.78, 5) is 38.0. The molecule has 0 aromatic heterocycles. The fraction of sp³-hybridized carbons (Fsp3) is 0.703. The van der Waals surface area contributed by atoms with Gasteiger partial charge >= 0.3 is 17.9 Å². The molecule has 6 heteroatoms. The van der Waals surface area contributed by atoms with Gasteiger partial charge < -0.3 is 14.2 Å². The molecular formula is C64H108O6. The topological polar surface area (TPSA) is 78.9 Å². The third-order valence-electron chi connectivity index (χ3n) is 12.3. The number of carbonyl (C=O) groups is 3. The summed E-state index contributed by atoms with van der Waals surface area (Å²) in [6.07, 6.45) is 77.1. The Labute approximate surface area is 432 Å². The normalized spacial score (nSPS) is 12.8. The first-order valence-electron chi connectivity index (χ1n) is 29.2. The largest absolute Gasteiger partial charge is 0.462 e. The molecule has 0 N–H and O–H groups in total. The van der Waals surface area contributed by atoms with Crippen molar-refractivity contribution in [2.45, 2.75) is 277 Å². The molecule has 1 atom stereocenters.